The molecule has 0 aliphatic heterocycles. The highest BCUT2D eigenvalue weighted by Crippen LogP contribution is 2.12. The van der Waals surface area contributed by atoms with Gasteiger partial charge in [-0.25, -0.2) is 4.79 Å². The first-order valence-corrected chi connectivity index (χ1v) is 28.3. The van der Waals surface area contributed by atoms with Gasteiger partial charge in [0.1, 0.15) is 13.2 Å². The summed E-state index contributed by atoms with van der Waals surface area (Å²) in [5.41, 5.74) is 0. The van der Waals surface area contributed by atoms with Crippen LogP contribution < -0.4 is 0 Å². The number of carbonyl (C=O) groups is 3. The summed E-state index contributed by atoms with van der Waals surface area (Å²) in [4.78, 5) is 37.4. The number of quaternary nitrogens is 1. The molecular weight excluding hydrogens is 935 g/mol. The number of nitrogens with zero attached hydrogens (tertiary/aromatic N) is 1. The number of hydrogen-bond donors (Lipinski definition) is 1. The Kier molecular flexibility index (Phi) is 51.0. The van der Waals surface area contributed by atoms with Gasteiger partial charge in [0.15, 0.2) is 6.10 Å². The third-order valence-corrected chi connectivity index (χ3v) is 11.0. The monoisotopic (exact) mass is 1040 g/mol. The Bertz CT molecular complexity index is 1830. The SMILES string of the molecule is CC/C=C\C/C=C\C/C=C\C/C=C\C/C=C\C/C=C\C/C=C\C/C=C\CCCCCCCCC(=O)OC(COC(=O)CC/C=C\C/C=C\C/C=C\C/C=C\C/C=C\C/C=C\CC)COC(OCC[N+](C)(C)C)C(=O)O. The van der Waals surface area contributed by atoms with Crippen LogP contribution >= 0.6 is 0 Å². The summed E-state index contributed by atoms with van der Waals surface area (Å²) >= 11 is 0. The lowest BCUT2D eigenvalue weighted by Gasteiger charge is -2.25. The van der Waals surface area contributed by atoms with Crippen LogP contribution in [0.5, 0.6) is 0 Å². The highest BCUT2D eigenvalue weighted by molar-refractivity contribution is 5.71. The summed E-state index contributed by atoms with van der Waals surface area (Å²) < 4.78 is 22.7. The molecule has 0 aromatic rings. The lowest BCUT2D eigenvalue weighted by molar-refractivity contribution is -0.870. The predicted molar refractivity (Wildman–Crippen MR) is 317 cm³/mol. The molecule has 0 rings (SSSR count). The molecule has 0 saturated carbocycles. The van der Waals surface area contributed by atoms with E-state index in [0.717, 1.165) is 128 Å². The van der Waals surface area contributed by atoms with Crippen LogP contribution in [0.2, 0.25) is 0 Å². The van der Waals surface area contributed by atoms with Gasteiger partial charge in [0, 0.05) is 12.8 Å². The van der Waals surface area contributed by atoms with Crippen molar-refractivity contribution in [3.05, 3.63) is 170 Å². The number of carboxylic acids is 1. The molecule has 1 N–H and O–H groups in total. The summed E-state index contributed by atoms with van der Waals surface area (Å²) in [6.07, 6.45) is 80.1. The molecule has 0 heterocycles. The number of unbranched alkanes of at least 4 members (excludes halogenated alkanes) is 6. The Labute approximate surface area is 457 Å². The molecule has 2 atom stereocenters. The molecule has 0 aliphatic rings. The minimum absolute atomic E-state index is 0.162. The Morgan fingerprint density at radius 1 is 0.400 bits per heavy atom. The zero-order chi connectivity index (χ0) is 54.8. The number of allylic oxidation sites excluding steroid dienone is 28. The van der Waals surface area contributed by atoms with Gasteiger partial charge in [-0.3, -0.25) is 9.59 Å². The Morgan fingerprint density at radius 2 is 0.747 bits per heavy atom. The van der Waals surface area contributed by atoms with Crippen LogP contribution in [-0.4, -0.2) is 87.4 Å². The van der Waals surface area contributed by atoms with E-state index in [1.54, 1.807) is 0 Å². The van der Waals surface area contributed by atoms with Crippen molar-refractivity contribution >= 4 is 17.9 Å². The number of aliphatic carboxylic acids is 1. The number of rotatable bonds is 49. The van der Waals surface area contributed by atoms with Gasteiger partial charge in [0.25, 0.3) is 6.29 Å². The van der Waals surface area contributed by atoms with E-state index in [1.165, 1.54) is 0 Å². The minimum Gasteiger partial charge on any atom is -0.477 e. The molecule has 9 heteroatoms. The van der Waals surface area contributed by atoms with Crippen molar-refractivity contribution in [1.82, 2.24) is 0 Å². The third-order valence-electron chi connectivity index (χ3n) is 11.0. The highest BCUT2D eigenvalue weighted by Gasteiger charge is 2.25. The predicted octanol–water partition coefficient (Wildman–Crippen LogP) is 16.8. The van der Waals surface area contributed by atoms with E-state index in [-0.39, 0.29) is 32.7 Å². The first kappa shape index (κ1) is 69.7. The number of likely N-dealkylation sites (N-methyl/N-ethyl adjacent to an activating group) is 1. The van der Waals surface area contributed by atoms with Gasteiger partial charge in [-0.1, -0.05) is 210 Å². The average Bonchev–Trinajstić information content (AvgIpc) is 3.38. The fraction of sp³-hybridized carbons (Fsp3) is 0.530. The zero-order valence-corrected chi connectivity index (χ0v) is 47.4. The molecule has 0 bridgehead atoms. The number of hydrogen-bond acceptors (Lipinski definition) is 7. The third kappa shape index (κ3) is 56.2. The van der Waals surface area contributed by atoms with Crippen LogP contribution in [0, 0.1) is 0 Å². The molecule has 75 heavy (non-hydrogen) atoms. The second-order valence-electron chi connectivity index (χ2n) is 19.1. The van der Waals surface area contributed by atoms with Crippen molar-refractivity contribution in [3.63, 3.8) is 0 Å². The molecule has 0 amide bonds. The number of carboxylic acid groups (broad SMARTS) is 1. The van der Waals surface area contributed by atoms with E-state index >= 15 is 0 Å². The minimum atomic E-state index is -1.54. The second-order valence-corrected chi connectivity index (χ2v) is 19.1. The van der Waals surface area contributed by atoms with E-state index in [1.807, 2.05) is 33.3 Å². The number of carbonyl (C=O) groups excluding carboxylic acids is 2. The Morgan fingerprint density at radius 3 is 1.12 bits per heavy atom. The zero-order valence-electron chi connectivity index (χ0n) is 47.4. The molecule has 2 unspecified atom stereocenters. The summed E-state index contributed by atoms with van der Waals surface area (Å²) in [6.45, 7) is 4.50. The molecule has 0 aromatic carbocycles. The average molecular weight is 1040 g/mol. The van der Waals surface area contributed by atoms with Crippen LogP contribution in [-0.2, 0) is 33.3 Å². The Balaban J connectivity index is 4.43. The summed E-state index contributed by atoms with van der Waals surface area (Å²) in [5, 5.41) is 9.69. The standard InChI is InChI=1S/C66H101NO8/c1-6-8-10-12-14-16-18-20-22-24-26-27-28-29-30-31-32-33-34-35-36-37-39-41-43-45-47-49-51-53-55-57-64(69)75-62(61-74-66(65(70)71)72-59-58-67(3,4)5)60-73-63(68)56-54-52-50-48-46-44-42-40-38-25-23-21-19-17-15-13-11-9-7-2/h8-11,14-17,20-23,26-27,29-30,32-33,35-36,38-41,44,46,50,52,62,66H,6-7,12-13,18-19,24-25,28,31,34,37,42-43,45,47-49,51,53-61H2,1-5H3/p+1/b10-8-,11-9-,16-14-,17-15-,22-20-,23-21-,27-26-,30-29-,33-32-,36-35-,40-38-,41-39-,46-44-,52-50-. The first-order valence-electron chi connectivity index (χ1n) is 28.3. The van der Waals surface area contributed by atoms with E-state index in [4.69, 9.17) is 18.9 Å². The first-order chi connectivity index (χ1) is 36.6. The molecule has 0 radical (unpaired) electrons. The smallest absolute Gasteiger partial charge is 0.361 e. The fourth-order valence-electron chi connectivity index (χ4n) is 6.70. The number of ether oxygens (including phenoxy) is 4. The van der Waals surface area contributed by atoms with Gasteiger partial charge in [-0.15, -0.1) is 0 Å². The summed E-state index contributed by atoms with van der Waals surface area (Å²) in [6, 6.07) is 0. The van der Waals surface area contributed by atoms with Gasteiger partial charge < -0.3 is 28.5 Å². The van der Waals surface area contributed by atoms with Crippen LogP contribution in [0.15, 0.2) is 170 Å². The van der Waals surface area contributed by atoms with Crippen molar-refractivity contribution < 1.29 is 42.9 Å². The Hall–Kier alpha value is -5.35. The fourth-order valence-corrected chi connectivity index (χ4v) is 6.70. The second kappa shape index (κ2) is 54.9. The molecule has 0 fully saturated rings. The van der Waals surface area contributed by atoms with E-state index in [9.17, 15) is 19.5 Å². The summed E-state index contributed by atoms with van der Waals surface area (Å²) in [5.74, 6) is -2.16. The largest absolute Gasteiger partial charge is 0.477 e. The highest BCUT2D eigenvalue weighted by atomic mass is 16.7. The molecular formula is C66H102NO8+. The maximum atomic E-state index is 12.9. The van der Waals surface area contributed by atoms with Gasteiger partial charge >= 0.3 is 17.9 Å². The molecule has 0 saturated heterocycles. The van der Waals surface area contributed by atoms with Crippen LogP contribution in [0.1, 0.15) is 168 Å². The van der Waals surface area contributed by atoms with Crippen LogP contribution in [0.25, 0.3) is 0 Å². The topological polar surface area (TPSA) is 108 Å². The maximum absolute atomic E-state index is 12.9. The van der Waals surface area contributed by atoms with Crippen LogP contribution in [0.4, 0.5) is 0 Å². The van der Waals surface area contributed by atoms with Gasteiger partial charge in [0.05, 0.1) is 34.4 Å². The van der Waals surface area contributed by atoms with Crippen LogP contribution in [0.3, 0.4) is 0 Å². The van der Waals surface area contributed by atoms with E-state index < -0.39 is 30.3 Å². The van der Waals surface area contributed by atoms with Crippen molar-refractivity contribution in [2.24, 2.45) is 0 Å². The van der Waals surface area contributed by atoms with Gasteiger partial charge in [0.2, 0.25) is 0 Å². The van der Waals surface area contributed by atoms with E-state index in [0.29, 0.717) is 23.9 Å². The molecule has 0 spiro atoms. The molecule has 0 aliphatic carbocycles. The normalized spacial score (nSPS) is 14.1. The maximum Gasteiger partial charge on any atom is 0.361 e. The number of esters is 2. The van der Waals surface area contributed by atoms with Crippen molar-refractivity contribution in [3.8, 4) is 0 Å². The van der Waals surface area contributed by atoms with Crippen molar-refractivity contribution in [1.29, 1.82) is 0 Å². The molecule has 9 nitrogen and oxygen atoms in total. The van der Waals surface area contributed by atoms with Crippen molar-refractivity contribution in [2.75, 3.05) is 47.5 Å². The van der Waals surface area contributed by atoms with Crippen molar-refractivity contribution in [2.45, 2.75) is 180 Å². The molecule has 0 aromatic heterocycles. The van der Waals surface area contributed by atoms with Gasteiger partial charge in [-0.05, 0) is 116 Å². The van der Waals surface area contributed by atoms with E-state index in [2.05, 4.69) is 172 Å². The molecule has 418 valence electrons. The van der Waals surface area contributed by atoms with Gasteiger partial charge in [-0.2, -0.15) is 0 Å². The lowest BCUT2D eigenvalue weighted by atomic mass is 10.1. The lowest BCUT2D eigenvalue weighted by Crippen LogP contribution is -2.40. The summed E-state index contributed by atoms with van der Waals surface area (Å²) in [7, 11) is 5.92. The quantitative estimate of drug-likeness (QED) is 0.0211.